The first-order valence-electron chi connectivity index (χ1n) is 10.3. The standard InChI is InChI=1S/C20H30O4/c21-5-9-13-7-1-3-11(23)15(7)17-10(6-22)14-8-2-4-12(24)16(8)18(9)20(14)19(13)17/h7-24H,1-6H2/t7-,8-,9-,10+,11+,12-,13+,14-,15+,16+,17+,18+,19-,20-/m0/s1. The number of hydrogen-bond acceptors (Lipinski definition) is 4. The summed E-state index contributed by atoms with van der Waals surface area (Å²) in [6.07, 6.45) is 3.61. The van der Waals surface area contributed by atoms with Gasteiger partial charge in [-0.1, -0.05) is 0 Å². The largest absolute Gasteiger partial charge is 0.396 e. The minimum atomic E-state index is -0.193. The predicted molar refractivity (Wildman–Crippen MR) is 86.5 cm³/mol. The van der Waals surface area contributed by atoms with Gasteiger partial charge in [0.2, 0.25) is 0 Å². The van der Waals surface area contributed by atoms with Crippen molar-refractivity contribution in [2.24, 2.45) is 71.0 Å². The normalized spacial score (nSPS) is 68.5. The quantitative estimate of drug-likeness (QED) is 0.600. The first-order chi connectivity index (χ1) is 11.7. The van der Waals surface area contributed by atoms with Crippen molar-refractivity contribution in [1.82, 2.24) is 0 Å². The Morgan fingerprint density at radius 3 is 1.29 bits per heavy atom. The van der Waals surface area contributed by atoms with Gasteiger partial charge in [-0.15, -0.1) is 0 Å². The molecule has 0 aliphatic heterocycles. The lowest BCUT2D eigenvalue weighted by atomic mass is 9.72. The number of hydrogen-bond donors (Lipinski definition) is 4. The summed E-state index contributed by atoms with van der Waals surface area (Å²) in [6.45, 7) is 0.502. The van der Waals surface area contributed by atoms with Crippen LogP contribution in [0.4, 0.5) is 0 Å². The topological polar surface area (TPSA) is 80.9 Å². The van der Waals surface area contributed by atoms with Crippen LogP contribution in [-0.4, -0.2) is 45.8 Å². The highest BCUT2D eigenvalue weighted by Gasteiger charge is 2.77. The smallest absolute Gasteiger partial charge is 0.0574 e. The lowest BCUT2D eigenvalue weighted by molar-refractivity contribution is 0.0234. The molecular weight excluding hydrogens is 304 g/mol. The Labute approximate surface area is 143 Å². The highest BCUT2D eigenvalue weighted by molar-refractivity contribution is 5.24. The van der Waals surface area contributed by atoms with Gasteiger partial charge >= 0.3 is 0 Å². The summed E-state index contributed by atoms with van der Waals surface area (Å²) in [5.41, 5.74) is 0. The fraction of sp³-hybridized carbons (Fsp3) is 1.00. The summed E-state index contributed by atoms with van der Waals surface area (Å²) in [5.74, 6) is 5.66. The molecule has 0 aromatic carbocycles. The van der Waals surface area contributed by atoms with E-state index in [2.05, 4.69) is 0 Å². The molecule has 0 bridgehead atoms. The second kappa shape index (κ2) is 4.76. The van der Waals surface area contributed by atoms with E-state index in [4.69, 9.17) is 0 Å². The molecule has 0 radical (unpaired) electrons. The molecule has 0 aromatic heterocycles. The monoisotopic (exact) mass is 334 g/mol. The van der Waals surface area contributed by atoms with Gasteiger partial charge < -0.3 is 20.4 Å². The Morgan fingerprint density at radius 1 is 0.500 bits per heavy atom. The third kappa shape index (κ3) is 1.42. The zero-order valence-electron chi connectivity index (χ0n) is 14.1. The van der Waals surface area contributed by atoms with E-state index >= 15 is 0 Å². The lowest BCUT2D eigenvalue weighted by Crippen LogP contribution is -2.35. The van der Waals surface area contributed by atoms with Crippen LogP contribution in [0.2, 0.25) is 0 Å². The van der Waals surface area contributed by atoms with Crippen molar-refractivity contribution >= 4 is 0 Å². The maximum absolute atomic E-state index is 10.7. The van der Waals surface area contributed by atoms with Crippen molar-refractivity contribution in [2.45, 2.75) is 37.9 Å². The summed E-state index contributed by atoms with van der Waals surface area (Å²) >= 11 is 0. The maximum Gasteiger partial charge on any atom is 0.0574 e. The van der Waals surface area contributed by atoms with Gasteiger partial charge in [0, 0.05) is 13.2 Å². The van der Waals surface area contributed by atoms with Gasteiger partial charge in [0.25, 0.3) is 0 Å². The molecule has 0 aromatic rings. The average molecular weight is 334 g/mol. The summed E-state index contributed by atoms with van der Waals surface area (Å²) in [7, 11) is 0. The van der Waals surface area contributed by atoms with Gasteiger partial charge in [-0.3, -0.25) is 0 Å². The molecule has 6 rings (SSSR count). The molecule has 4 heteroatoms. The van der Waals surface area contributed by atoms with Crippen LogP contribution in [0.3, 0.4) is 0 Å². The van der Waals surface area contributed by atoms with Crippen molar-refractivity contribution in [3.05, 3.63) is 0 Å². The van der Waals surface area contributed by atoms with Crippen LogP contribution < -0.4 is 0 Å². The highest BCUT2D eigenvalue weighted by Crippen LogP contribution is 2.79. The average Bonchev–Trinajstić information content (AvgIpc) is 3.32. The third-order valence-electron chi connectivity index (χ3n) is 9.97. The minimum Gasteiger partial charge on any atom is -0.396 e. The molecule has 0 spiro atoms. The maximum atomic E-state index is 10.7. The first-order valence-corrected chi connectivity index (χ1v) is 10.3. The van der Waals surface area contributed by atoms with Gasteiger partial charge in [0.15, 0.2) is 0 Å². The summed E-state index contributed by atoms with van der Waals surface area (Å²) in [6, 6.07) is 0. The second-order valence-corrected chi connectivity index (χ2v) is 9.93. The van der Waals surface area contributed by atoms with Gasteiger partial charge in [-0.25, -0.2) is 0 Å². The molecule has 6 aliphatic rings. The number of fused-ring (bicyclic) bond motifs is 6. The zero-order valence-corrected chi connectivity index (χ0v) is 14.1. The van der Waals surface area contributed by atoms with Crippen molar-refractivity contribution < 1.29 is 20.4 Å². The summed E-state index contributed by atoms with van der Waals surface area (Å²) in [5, 5.41) is 41.9. The third-order valence-corrected chi connectivity index (χ3v) is 9.97. The van der Waals surface area contributed by atoms with Crippen LogP contribution >= 0.6 is 0 Å². The molecule has 4 nitrogen and oxygen atoms in total. The van der Waals surface area contributed by atoms with Crippen molar-refractivity contribution in [1.29, 1.82) is 0 Å². The summed E-state index contributed by atoms with van der Waals surface area (Å²) < 4.78 is 0. The van der Waals surface area contributed by atoms with Gasteiger partial charge in [-0.2, -0.15) is 0 Å². The van der Waals surface area contributed by atoms with E-state index in [1.54, 1.807) is 0 Å². The molecular formula is C20H30O4. The Bertz CT molecular complexity index is 504. The molecule has 6 aliphatic carbocycles. The summed E-state index contributed by atoms with van der Waals surface area (Å²) in [4.78, 5) is 0. The van der Waals surface area contributed by atoms with Crippen LogP contribution in [0.5, 0.6) is 0 Å². The molecule has 4 N–H and O–H groups in total. The van der Waals surface area contributed by atoms with Crippen LogP contribution in [0, 0.1) is 71.0 Å². The van der Waals surface area contributed by atoms with Crippen LogP contribution in [-0.2, 0) is 0 Å². The van der Waals surface area contributed by atoms with Gasteiger partial charge in [0.05, 0.1) is 12.2 Å². The van der Waals surface area contributed by atoms with E-state index in [9.17, 15) is 20.4 Å². The van der Waals surface area contributed by atoms with Crippen LogP contribution in [0.25, 0.3) is 0 Å². The van der Waals surface area contributed by atoms with Crippen molar-refractivity contribution in [3.8, 4) is 0 Å². The molecule has 0 saturated heterocycles. The van der Waals surface area contributed by atoms with Crippen LogP contribution in [0.15, 0.2) is 0 Å². The van der Waals surface area contributed by atoms with Crippen LogP contribution in [0.1, 0.15) is 25.7 Å². The molecule has 0 amide bonds. The SMILES string of the molecule is OC[C@@H]1[C@@H]2[C@@H]3CC[C@H](O)[C@@H]3[C@H]3[C@@H](CO)[C@H]4[C@@H]5CC[C@@H](O)[C@@H]5[C@@H]1[C@H]4[C@@H]23. The predicted octanol–water partition coefficient (Wildman–Crippen LogP) is 0.729. The first kappa shape index (κ1) is 15.0. The second-order valence-electron chi connectivity index (χ2n) is 9.93. The van der Waals surface area contributed by atoms with Gasteiger partial charge in [-0.05, 0) is 96.7 Å². The lowest BCUT2D eigenvalue weighted by Gasteiger charge is -2.34. The number of aliphatic hydroxyl groups excluding tert-OH is 4. The number of rotatable bonds is 2. The Hall–Kier alpha value is -0.160. The Kier molecular flexibility index (Phi) is 2.97. The van der Waals surface area contributed by atoms with E-state index in [1.807, 2.05) is 0 Å². The minimum absolute atomic E-state index is 0.193. The Balaban J connectivity index is 1.50. The number of aliphatic hydroxyl groups is 4. The van der Waals surface area contributed by atoms with Gasteiger partial charge in [0.1, 0.15) is 0 Å². The molecule has 6 saturated carbocycles. The molecule has 24 heavy (non-hydrogen) atoms. The molecule has 134 valence electrons. The van der Waals surface area contributed by atoms with E-state index in [1.165, 1.54) is 0 Å². The molecule has 14 atom stereocenters. The molecule has 0 heterocycles. The molecule has 6 fully saturated rings. The van der Waals surface area contributed by atoms with E-state index in [0.29, 0.717) is 71.0 Å². The van der Waals surface area contributed by atoms with Crippen molar-refractivity contribution in [3.63, 3.8) is 0 Å². The van der Waals surface area contributed by atoms with Crippen molar-refractivity contribution in [2.75, 3.05) is 13.2 Å². The fourth-order valence-corrected chi connectivity index (χ4v) is 10.0. The molecule has 0 unspecified atom stereocenters. The van der Waals surface area contributed by atoms with E-state index < -0.39 is 0 Å². The Morgan fingerprint density at radius 2 is 0.917 bits per heavy atom. The fourth-order valence-electron chi connectivity index (χ4n) is 10.0. The van der Waals surface area contributed by atoms with E-state index in [0.717, 1.165) is 25.7 Å². The zero-order chi connectivity index (χ0) is 16.3. The highest BCUT2D eigenvalue weighted by atomic mass is 16.3. The van der Waals surface area contributed by atoms with E-state index in [-0.39, 0.29) is 25.4 Å².